The molecule has 144 valence electrons. The van der Waals surface area contributed by atoms with E-state index in [2.05, 4.69) is 31.3 Å². The Labute approximate surface area is 156 Å². The molecule has 1 fully saturated rings. The zero-order chi connectivity index (χ0) is 18.9. The van der Waals surface area contributed by atoms with Crippen molar-refractivity contribution in [3.05, 3.63) is 35.9 Å². The van der Waals surface area contributed by atoms with Gasteiger partial charge in [-0.25, -0.2) is 4.79 Å². The molecular formula is C20H32N3O3+. The predicted octanol–water partition coefficient (Wildman–Crippen LogP) is 1.25. The summed E-state index contributed by atoms with van der Waals surface area (Å²) in [5, 5.41) is 3.20. The average molecular weight is 362 g/mol. The first-order chi connectivity index (χ1) is 12.5. The van der Waals surface area contributed by atoms with Crippen LogP contribution in [0.25, 0.3) is 0 Å². The summed E-state index contributed by atoms with van der Waals surface area (Å²) in [6.45, 7) is 9.79. The molecule has 0 aliphatic carbocycles. The Bertz CT molecular complexity index is 569. The molecule has 1 aromatic rings. The molecule has 6 heteroatoms. The third-order valence-electron chi connectivity index (χ3n) is 4.65. The number of nitrogens with one attached hydrogen (secondary N) is 2. The third-order valence-corrected chi connectivity index (χ3v) is 4.65. The van der Waals surface area contributed by atoms with Gasteiger partial charge >= 0.3 is 6.09 Å². The highest BCUT2D eigenvalue weighted by atomic mass is 16.6. The lowest BCUT2D eigenvalue weighted by molar-refractivity contribution is -0.896. The summed E-state index contributed by atoms with van der Waals surface area (Å²) < 4.78 is 5.03. The van der Waals surface area contributed by atoms with Crippen molar-refractivity contribution in [3.8, 4) is 0 Å². The van der Waals surface area contributed by atoms with Crippen LogP contribution in [-0.4, -0.2) is 56.2 Å². The highest BCUT2D eigenvalue weighted by Crippen LogP contribution is 2.20. The summed E-state index contributed by atoms with van der Waals surface area (Å²) in [5.74, 6) is 0.570. The standard InChI is InChI=1S/C20H31N3O3/c1-4-26-20(25)23-12-10-22(11-13-23)15-19(24)21-18(14-16(2)3)17-8-6-5-7-9-17/h5-9,16,18H,4,10-15H2,1-3H3,(H,21,24)/p+1/t18-/m1/s1. The van der Waals surface area contributed by atoms with Gasteiger partial charge in [-0.2, -0.15) is 0 Å². The molecule has 2 N–H and O–H groups in total. The quantitative estimate of drug-likeness (QED) is 0.767. The minimum atomic E-state index is -0.253. The van der Waals surface area contributed by atoms with E-state index in [-0.39, 0.29) is 18.0 Å². The van der Waals surface area contributed by atoms with Crippen LogP contribution in [0.1, 0.15) is 38.8 Å². The normalized spacial score (nSPS) is 16.4. The van der Waals surface area contributed by atoms with Crippen LogP contribution < -0.4 is 10.2 Å². The number of ether oxygens (including phenoxy) is 1. The van der Waals surface area contributed by atoms with Gasteiger partial charge in [0, 0.05) is 0 Å². The number of carbonyl (C=O) groups excluding carboxylic acids is 2. The SMILES string of the molecule is CCOC(=O)N1CC[NH+](CC(=O)N[C@H](CC(C)C)c2ccccc2)CC1. The molecule has 0 radical (unpaired) electrons. The molecule has 0 saturated carbocycles. The van der Waals surface area contributed by atoms with Gasteiger partial charge in [0.1, 0.15) is 0 Å². The maximum absolute atomic E-state index is 12.6. The van der Waals surface area contributed by atoms with E-state index in [1.54, 1.807) is 4.90 Å². The summed E-state index contributed by atoms with van der Waals surface area (Å²) in [5.41, 5.74) is 1.15. The second kappa shape index (κ2) is 10.2. The molecule has 1 heterocycles. The van der Waals surface area contributed by atoms with Gasteiger partial charge in [-0.05, 0) is 24.8 Å². The van der Waals surface area contributed by atoms with E-state index in [4.69, 9.17) is 4.74 Å². The topological polar surface area (TPSA) is 63.1 Å². The molecule has 1 aromatic carbocycles. The summed E-state index contributed by atoms with van der Waals surface area (Å²) in [6, 6.07) is 10.2. The second-order valence-corrected chi connectivity index (χ2v) is 7.27. The molecule has 1 saturated heterocycles. The van der Waals surface area contributed by atoms with Gasteiger partial charge in [0.2, 0.25) is 0 Å². The Morgan fingerprint density at radius 2 is 1.85 bits per heavy atom. The van der Waals surface area contributed by atoms with Crippen LogP contribution in [0.3, 0.4) is 0 Å². The number of hydrogen-bond donors (Lipinski definition) is 2. The van der Waals surface area contributed by atoms with Crippen molar-refractivity contribution in [2.24, 2.45) is 5.92 Å². The molecule has 0 unspecified atom stereocenters. The Morgan fingerprint density at radius 3 is 2.42 bits per heavy atom. The van der Waals surface area contributed by atoms with Crippen LogP contribution in [0.5, 0.6) is 0 Å². The van der Waals surface area contributed by atoms with E-state index in [9.17, 15) is 9.59 Å². The predicted molar refractivity (Wildman–Crippen MR) is 101 cm³/mol. The van der Waals surface area contributed by atoms with E-state index >= 15 is 0 Å². The lowest BCUT2D eigenvalue weighted by atomic mass is 9.97. The molecule has 2 rings (SSSR count). The fourth-order valence-corrected chi connectivity index (χ4v) is 3.30. The number of rotatable bonds is 7. The van der Waals surface area contributed by atoms with Gasteiger partial charge in [0.25, 0.3) is 5.91 Å². The van der Waals surface area contributed by atoms with Crippen molar-refractivity contribution in [3.63, 3.8) is 0 Å². The average Bonchev–Trinajstić information content (AvgIpc) is 2.62. The Hall–Kier alpha value is -2.08. The van der Waals surface area contributed by atoms with Gasteiger partial charge in [0.05, 0.1) is 38.8 Å². The van der Waals surface area contributed by atoms with E-state index in [1.807, 2.05) is 25.1 Å². The zero-order valence-electron chi connectivity index (χ0n) is 16.2. The molecule has 1 aliphatic heterocycles. The fourth-order valence-electron chi connectivity index (χ4n) is 3.30. The number of nitrogens with zero attached hydrogens (tertiary/aromatic N) is 1. The van der Waals surface area contributed by atoms with Gasteiger partial charge in [0.15, 0.2) is 6.54 Å². The first-order valence-electron chi connectivity index (χ1n) is 9.59. The van der Waals surface area contributed by atoms with Crippen molar-refractivity contribution < 1.29 is 19.2 Å². The van der Waals surface area contributed by atoms with Crippen LogP contribution >= 0.6 is 0 Å². The maximum Gasteiger partial charge on any atom is 0.410 e. The fraction of sp³-hybridized carbons (Fsp3) is 0.600. The van der Waals surface area contributed by atoms with Gasteiger partial charge in [-0.1, -0.05) is 44.2 Å². The number of quaternary nitrogens is 1. The molecule has 0 aromatic heterocycles. The number of hydrogen-bond acceptors (Lipinski definition) is 3. The maximum atomic E-state index is 12.6. The third kappa shape index (κ3) is 6.33. The lowest BCUT2D eigenvalue weighted by Gasteiger charge is -2.31. The number of benzene rings is 1. The molecule has 0 spiro atoms. The van der Waals surface area contributed by atoms with E-state index in [0.717, 1.165) is 25.1 Å². The molecule has 26 heavy (non-hydrogen) atoms. The molecule has 6 nitrogen and oxygen atoms in total. The van der Waals surface area contributed by atoms with Crippen LogP contribution in [0.15, 0.2) is 30.3 Å². The van der Waals surface area contributed by atoms with Crippen LogP contribution in [-0.2, 0) is 9.53 Å². The Morgan fingerprint density at radius 1 is 1.19 bits per heavy atom. The van der Waals surface area contributed by atoms with Crippen molar-refractivity contribution in [1.29, 1.82) is 0 Å². The molecule has 1 atom stereocenters. The number of piperazine rings is 1. The van der Waals surface area contributed by atoms with Crippen molar-refractivity contribution in [2.45, 2.75) is 33.2 Å². The lowest BCUT2D eigenvalue weighted by Crippen LogP contribution is -3.15. The highest BCUT2D eigenvalue weighted by molar-refractivity contribution is 5.77. The first-order valence-corrected chi connectivity index (χ1v) is 9.59. The Balaban J connectivity index is 1.84. The van der Waals surface area contributed by atoms with Crippen molar-refractivity contribution in [2.75, 3.05) is 39.3 Å². The van der Waals surface area contributed by atoms with E-state index < -0.39 is 0 Å². The van der Waals surface area contributed by atoms with E-state index in [0.29, 0.717) is 32.2 Å². The zero-order valence-corrected chi connectivity index (χ0v) is 16.2. The molecule has 2 amide bonds. The van der Waals surface area contributed by atoms with E-state index in [1.165, 1.54) is 4.90 Å². The summed E-state index contributed by atoms with van der Waals surface area (Å²) in [4.78, 5) is 27.2. The summed E-state index contributed by atoms with van der Waals surface area (Å²) >= 11 is 0. The van der Waals surface area contributed by atoms with Crippen LogP contribution in [0.4, 0.5) is 4.79 Å². The minimum absolute atomic E-state index is 0.0453. The highest BCUT2D eigenvalue weighted by Gasteiger charge is 2.26. The van der Waals surface area contributed by atoms with Gasteiger partial charge in [-0.15, -0.1) is 0 Å². The van der Waals surface area contributed by atoms with Crippen LogP contribution in [0.2, 0.25) is 0 Å². The molecule has 1 aliphatic rings. The summed E-state index contributed by atoms with van der Waals surface area (Å²) in [7, 11) is 0. The first kappa shape index (κ1) is 20.2. The minimum Gasteiger partial charge on any atom is -0.450 e. The molecule has 0 bridgehead atoms. The van der Waals surface area contributed by atoms with Gasteiger partial charge < -0.3 is 15.0 Å². The number of amides is 2. The summed E-state index contributed by atoms with van der Waals surface area (Å²) in [6.07, 6.45) is 0.666. The Kier molecular flexibility index (Phi) is 7.91. The monoisotopic (exact) mass is 362 g/mol. The second-order valence-electron chi connectivity index (χ2n) is 7.27. The molecular weight excluding hydrogens is 330 g/mol. The van der Waals surface area contributed by atoms with Gasteiger partial charge in [-0.3, -0.25) is 9.69 Å². The number of carbonyl (C=O) groups is 2. The van der Waals surface area contributed by atoms with Crippen molar-refractivity contribution >= 4 is 12.0 Å². The van der Waals surface area contributed by atoms with Crippen LogP contribution in [0, 0.1) is 5.92 Å². The largest absolute Gasteiger partial charge is 0.450 e. The van der Waals surface area contributed by atoms with Crippen molar-refractivity contribution in [1.82, 2.24) is 10.2 Å². The smallest absolute Gasteiger partial charge is 0.410 e.